The minimum Gasteiger partial charge on any atom is -0.370 e. The predicted octanol–water partition coefficient (Wildman–Crippen LogP) is 2.29. The first-order valence-corrected chi connectivity index (χ1v) is 6.26. The van der Waals surface area contributed by atoms with Crippen molar-refractivity contribution in [3.8, 4) is 0 Å². The van der Waals surface area contributed by atoms with Gasteiger partial charge in [-0.15, -0.1) is 0 Å². The molecule has 0 radical (unpaired) electrons. The molecule has 0 saturated heterocycles. The van der Waals surface area contributed by atoms with E-state index in [4.69, 9.17) is 0 Å². The van der Waals surface area contributed by atoms with Crippen molar-refractivity contribution in [1.29, 1.82) is 0 Å². The van der Waals surface area contributed by atoms with Crippen molar-refractivity contribution in [2.45, 2.75) is 13.3 Å². The first kappa shape index (κ1) is 13.8. The van der Waals surface area contributed by atoms with Crippen molar-refractivity contribution in [3.63, 3.8) is 0 Å². The van der Waals surface area contributed by atoms with E-state index in [2.05, 4.69) is 20.7 Å². The molecule has 0 bridgehead atoms. The van der Waals surface area contributed by atoms with E-state index >= 15 is 0 Å². The number of nitro groups is 1. The average molecular weight is 276 g/mol. The van der Waals surface area contributed by atoms with Crippen molar-refractivity contribution in [1.82, 2.24) is 14.8 Å². The molecule has 0 atom stereocenters. The van der Waals surface area contributed by atoms with Crippen LogP contribution in [0.1, 0.15) is 13.3 Å². The highest BCUT2D eigenvalue weighted by molar-refractivity contribution is 5.65. The van der Waals surface area contributed by atoms with Gasteiger partial charge in [-0.1, -0.05) is 6.92 Å². The van der Waals surface area contributed by atoms with Gasteiger partial charge in [0.15, 0.2) is 5.82 Å². The van der Waals surface area contributed by atoms with Crippen LogP contribution < -0.4 is 10.6 Å². The first-order chi connectivity index (χ1) is 9.60. The summed E-state index contributed by atoms with van der Waals surface area (Å²) in [5.41, 5.74) is -0.0855. The zero-order chi connectivity index (χ0) is 14.5. The lowest BCUT2D eigenvalue weighted by Crippen LogP contribution is -2.06. The second kappa shape index (κ2) is 6.00. The van der Waals surface area contributed by atoms with Crippen molar-refractivity contribution >= 4 is 23.1 Å². The third-order valence-electron chi connectivity index (χ3n) is 2.59. The summed E-state index contributed by atoms with van der Waals surface area (Å²) < 4.78 is 1.60. The van der Waals surface area contributed by atoms with Gasteiger partial charge in [0.25, 0.3) is 0 Å². The van der Waals surface area contributed by atoms with E-state index in [0.717, 1.165) is 13.0 Å². The lowest BCUT2D eigenvalue weighted by molar-refractivity contribution is -0.384. The molecule has 0 aliphatic carbocycles. The van der Waals surface area contributed by atoms with E-state index in [0.29, 0.717) is 11.6 Å². The van der Waals surface area contributed by atoms with E-state index < -0.39 is 4.92 Å². The van der Waals surface area contributed by atoms with Gasteiger partial charge in [-0.3, -0.25) is 14.8 Å². The molecule has 106 valence electrons. The van der Waals surface area contributed by atoms with Crippen molar-refractivity contribution < 1.29 is 4.92 Å². The summed E-state index contributed by atoms with van der Waals surface area (Å²) in [6.07, 6.45) is 2.69. The second-order valence-corrected chi connectivity index (χ2v) is 4.25. The molecule has 0 aromatic carbocycles. The topological polar surface area (TPSA) is 97.9 Å². The predicted molar refractivity (Wildman–Crippen MR) is 76.2 cm³/mol. The summed E-state index contributed by atoms with van der Waals surface area (Å²) in [6.45, 7) is 2.79. The number of aromatic nitrogens is 3. The average Bonchev–Trinajstić information content (AvgIpc) is 2.81. The maximum absolute atomic E-state index is 11.0. The number of hydrogen-bond acceptors (Lipinski definition) is 6. The fraction of sp³-hybridized carbons (Fsp3) is 0.333. The monoisotopic (exact) mass is 276 g/mol. The largest absolute Gasteiger partial charge is 0.370 e. The zero-order valence-corrected chi connectivity index (χ0v) is 11.3. The first-order valence-electron chi connectivity index (χ1n) is 6.26. The Morgan fingerprint density at radius 3 is 2.75 bits per heavy atom. The van der Waals surface area contributed by atoms with Crippen molar-refractivity contribution in [2.75, 3.05) is 17.2 Å². The molecule has 0 unspecified atom stereocenters. The van der Waals surface area contributed by atoms with Crippen molar-refractivity contribution in [2.24, 2.45) is 7.05 Å². The quantitative estimate of drug-likeness (QED) is 0.620. The molecule has 2 aromatic heterocycles. The molecule has 0 amide bonds. The summed E-state index contributed by atoms with van der Waals surface area (Å²) >= 11 is 0. The Balaban J connectivity index is 2.28. The maximum Gasteiger partial charge on any atom is 0.311 e. The fourth-order valence-electron chi connectivity index (χ4n) is 1.65. The normalized spacial score (nSPS) is 10.3. The number of pyridine rings is 1. The Hall–Kier alpha value is -2.64. The molecule has 2 heterocycles. The number of nitrogens with one attached hydrogen (secondary N) is 2. The molecule has 0 saturated carbocycles. The van der Waals surface area contributed by atoms with Gasteiger partial charge >= 0.3 is 5.69 Å². The maximum atomic E-state index is 11.0. The molecule has 0 aliphatic rings. The van der Waals surface area contributed by atoms with Gasteiger partial charge in [0.1, 0.15) is 5.82 Å². The highest BCUT2D eigenvalue weighted by Gasteiger charge is 2.16. The summed E-state index contributed by atoms with van der Waals surface area (Å²) in [5, 5.41) is 21.1. The lowest BCUT2D eigenvalue weighted by atomic mass is 10.3. The number of nitrogens with zero attached hydrogens (tertiary/aromatic N) is 4. The van der Waals surface area contributed by atoms with E-state index in [-0.39, 0.29) is 11.5 Å². The van der Waals surface area contributed by atoms with Gasteiger partial charge in [0.05, 0.1) is 4.92 Å². The van der Waals surface area contributed by atoms with Crippen LogP contribution in [0.5, 0.6) is 0 Å². The molecule has 8 nitrogen and oxygen atoms in total. The molecule has 8 heteroatoms. The Morgan fingerprint density at radius 2 is 2.15 bits per heavy atom. The fourth-order valence-corrected chi connectivity index (χ4v) is 1.65. The second-order valence-electron chi connectivity index (χ2n) is 4.25. The molecule has 0 fully saturated rings. The third kappa shape index (κ3) is 3.22. The summed E-state index contributed by atoms with van der Waals surface area (Å²) in [6, 6.07) is 4.74. The van der Waals surface area contributed by atoms with Gasteiger partial charge in [0, 0.05) is 31.9 Å². The molecule has 2 aromatic rings. The van der Waals surface area contributed by atoms with Crippen LogP contribution >= 0.6 is 0 Å². The van der Waals surface area contributed by atoms with Crippen LogP contribution in [0.4, 0.5) is 23.1 Å². The van der Waals surface area contributed by atoms with Crippen LogP contribution in [0.25, 0.3) is 0 Å². The van der Waals surface area contributed by atoms with Gasteiger partial charge < -0.3 is 10.6 Å². The molecular weight excluding hydrogens is 260 g/mol. The van der Waals surface area contributed by atoms with E-state index in [9.17, 15) is 10.1 Å². The van der Waals surface area contributed by atoms with Crippen LogP contribution in [0, 0.1) is 10.1 Å². The Kier molecular flexibility index (Phi) is 4.14. The van der Waals surface area contributed by atoms with E-state index in [1.807, 2.05) is 6.92 Å². The molecule has 2 rings (SSSR count). The highest BCUT2D eigenvalue weighted by Crippen LogP contribution is 2.26. The lowest BCUT2D eigenvalue weighted by Gasteiger charge is -2.07. The standard InChI is InChI=1S/C12H16N6O2/c1-3-7-13-10-5-4-9(18(19)20)12(14-10)15-11-6-8-17(2)16-11/h4-6,8H,3,7H2,1-2H3,(H2,13,14,15,16). The summed E-state index contributed by atoms with van der Waals surface area (Å²) in [5.74, 6) is 1.28. The SMILES string of the molecule is CCCNc1ccc([N+](=O)[O-])c(Nc2ccn(C)n2)n1. The zero-order valence-electron chi connectivity index (χ0n) is 11.3. The Morgan fingerprint density at radius 1 is 1.35 bits per heavy atom. The Labute approximate surface area is 116 Å². The number of hydrogen-bond donors (Lipinski definition) is 2. The summed E-state index contributed by atoms with van der Waals surface area (Å²) in [4.78, 5) is 14.8. The molecule has 2 N–H and O–H groups in total. The third-order valence-corrected chi connectivity index (χ3v) is 2.59. The smallest absolute Gasteiger partial charge is 0.311 e. The molecular formula is C12H16N6O2. The molecule has 0 spiro atoms. The van der Waals surface area contributed by atoms with E-state index in [1.165, 1.54) is 6.07 Å². The van der Waals surface area contributed by atoms with Crippen LogP contribution in [-0.4, -0.2) is 26.2 Å². The number of aryl methyl sites for hydroxylation is 1. The van der Waals surface area contributed by atoms with Crippen LogP contribution in [0.3, 0.4) is 0 Å². The van der Waals surface area contributed by atoms with Gasteiger partial charge in [0.2, 0.25) is 5.82 Å². The minimum absolute atomic E-state index is 0.0855. The van der Waals surface area contributed by atoms with Gasteiger partial charge in [-0.05, 0) is 12.5 Å². The van der Waals surface area contributed by atoms with Crippen molar-refractivity contribution in [3.05, 3.63) is 34.5 Å². The molecule has 0 aliphatic heterocycles. The van der Waals surface area contributed by atoms with Crippen LogP contribution in [0.15, 0.2) is 24.4 Å². The molecule has 20 heavy (non-hydrogen) atoms. The minimum atomic E-state index is -0.470. The summed E-state index contributed by atoms with van der Waals surface area (Å²) in [7, 11) is 1.77. The van der Waals surface area contributed by atoms with E-state index in [1.54, 1.807) is 30.1 Å². The van der Waals surface area contributed by atoms with Crippen LogP contribution in [-0.2, 0) is 7.05 Å². The number of anilines is 3. The van der Waals surface area contributed by atoms with Crippen LogP contribution in [0.2, 0.25) is 0 Å². The Bertz CT molecular complexity index is 610. The van der Waals surface area contributed by atoms with Gasteiger partial charge in [-0.2, -0.15) is 5.10 Å². The van der Waals surface area contributed by atoms with Gasteiger partial charge in [-0.25, -0.2) is 4.98 Å². The number of rotatable bonds is 6. The highest BCUT2D eigenvalue weighted by atomic mass is 16.6.